The summed E-state index contributed by atoms with van der Waals surface area (Å²) in [6, 6.07) is 18.9. The molecule has 3 aromatic carbocycles. The van der Waals surface area contributed by atoms with Crippen molar-refractivity contribution >= 4 is 72.1 Å². The predicted molar refractivity (Wildman–Crippen MR) is 142 cm³/mol. The minimum absolute atomic E-state index is 0.191. The third-order valence-corrected chi connectivity index (χ3v) is 6.15. The number of nitrogens with zero attached hydrogens (tertiary/aromatic N) is 2. The number of hydrogen-bond donors (Lipinski definition) is 1. The van der Waals surface area contributed by atoms with Crippen LogP contribution in [0, 0.1) is 0 Å². The zero-order valence-electron chi connectivity index (χ0n) is 18.3. The number of hydrogen-bond acceptors (Lipinski definition) is 5. The van der Waals surface area contributed by atoms with Crippen LogP contribution in [0.5, 0.6) is 0 Å². The highest BCUT2D eigenvalue weighted by atomic mass is 79.9. The van der Waals surface area contributed by atoms with Gasteiger partial charge in [0, 0.05) is 27.1 Å². The zero-order chi connectivity index (χ0) is 25.1. The maximum atomic E-state index is 13.1. The molecule has 174 valence electrons. The van der Waals surface area contributed by atoms with E-state index >= 15 is 0 Å². The van der Waals surface area contributed by atoms with Gasteiger partial charge in [0.25, 0.3) is 11.5 Å². The molecular weight excluding hydrogens is 578 g/mol. The van der Waals surface area contributed by atoms with E-state index in [1.165, 1.54) is 19.1 Å². The molecule has 0 saturated heterocycles. The number of allylic oxidation sites excluding steroid dienone is 1. The van der Waals surface area contributed by atoms with Crippen LogP contribution >= 0.6 is 31.9 Å². The highest BCUT2D eigenvalue weighted by molar-refractivity contribution is 9.11. The fourth-order valence-corrected chi connectivity index (χ4v) is 4.77. The van der Waals surface area contributed by atoms with Gasteiger partial charge in [-0.05, 0) is 64.0 Å². The third-order valence-electron chi connectivity index (χ3n) is 5.09. The second-order valence-electron chi connectivity index (χ2n) is 7.48. The van der Waals surface area contributed by atoms with Crippen LogP contribution < -0.4 is 10.9 Å². The highest BCUT2D eigenvalue weighted by Crippen LogP contribution is 2.26. The standard InChI is InChI=1S/C26H17Br2N3O4/c1-15(32)31-24(30-23-19(26(31)35)13-18(27)14-20(23)28)22(33)12-11-16-7-5-6-10-21(16)29-25(34)17-8-3-2-4-9-17/h2-14H,1H3,(H,29,34)/b12-11+. The summed E-state index contributed by atoms with van der Waals surface area (Å²) in [5.74, 6) is -1.87. The van der Waals surface area contributed by atoms with Gasteiger partial charge >= 0.3 is 0 Å². The van der Waals surface area contributed by atoms with Crippen molar-refractivity contribution in [2.75, 3.05) is 5.32 Å². The number of nitrogens with one attached hydrogen (secondary N) is 1. The van der Waals surface area contributed by atoms with Crippen LogP contribution in [0.4, 0.5) is 5.69 Å². The number of carbonyl (C=O) groups excluding carboxylic acids is 3. The second kappa shape index (κ2) is 10.3. The first-order chi connectivity index (χ1) is 16.8. The Morgan fingerprint density at radius 2 is 1.66 bits per heavy atom. The van der Waals surface area contributed by atoms with Gasteiger partial charge in [-0.2, -0.15) is 0 Å². The third kappa shape index (κ3) is 5.21. The van der Waals surface area contributed by atoms with Gasteiger partial charge in [0.1, 0.15) is 0 Å². The van der Waals surface area contributed by atoms with Gasteiger partial charge in [0.15, 0.2) is 5.82 Å². The van der Waals surface area contributed by atoms with Gasteiger partial charge in [-0.25, -0.2) is 9.55 Å². The summed E-state index contributed by atoms with van der Waals surface area (Å²) in [6.07, 6.45) is 2.72. The number of amides is 1. The molecule has 35 heavy (non-hydrogen) atoms. The Balaban J connectivity index is 1.71. The molecule has 0 saturated carbocycles. The molecule has 1 aromatic heterocycles. The lowest BCUT2D eigenvalue weighted by atomic mass is 10.1. The molecule has 0 spiro atoms. The Kier molecular flexibility index (Phi) is 7.18. The van der Waals surface area contributed by atoms with E-state index in [2.05, 4.69) is 42.2 Å². The van der Waals surface area contributed by atoms with Crippen molar-refractivity contribution < 1.29 is 14.4 Å². The van der Waals surface area contributed by atoms with E-state index in [1.54, 1.807) is 60.7 Å². The summed E-state index contributed by atoms with van der Waals surface area (Å²) in [5, 5.41) is 3.02. The number of para-hydroxylation sites is 1. The van der Waals surface area contributed by atoms with Crippen LogP contribution in [0.25, 0.3) is 17.0 Å². The van der Waals surface area contributed by atoms with Crippen molar-refractivity contribution in [2.45, 2.75) is 6.92 Å². The van der Waals surface area contributed by atoms with Crippen molar-refractivity contribution in [3.8, 4) is 0 Å². The first-order valence-corrected chi connectivity index (χ1v) is 12.0. The molecule has 0 aliphatic rings. The van der Waals surface area contributed by atoms with Gasteiger partial charge in [-0.3, -0.25) is 19.2 Å². The van der Waals surface area contributed by atoms with Gasteiger partial charge in [0.2, 0.25) is 11.7 Å². The summed E-state index contributed by atoms with van der Waals surface area (Å²) in [6.45, 7) is 1.19. The number of ketones is 1. The van der Waals surface area contributed by atoms with E-state index in [-0.39, 0.29) is 22.6 Å². The van der Waals surface area contributed by atoms with Gasteiger partial charge < -0.3 is 5.32 Å². The molecule has 0 aliphatic heterocycles. The maximum Gasteiger partial charge on any atom is 0.268 e. The number of anilines is 1. The SMILES string of the molecule is CC(=O)n1c(C(=O)/C=C/c2ccccc2NC(=O)c2ccccc2)nc2c(Br)cc(Br)cc2c1=O. The van der Waals surface area contributed by atoms with Crippen LogP contribution in [0.3, 0.4) is 0 Å². The molecule has 1 amide bonds. The van der Waals surface area contributed by atoms with E-state index < -0.39 is 17.2 Å². The van der Waals surface area contributed by atoms with E-state index in [0.29, 0.717) is 25.8 Å². The van der Waals surface area contributed by atoms with Crippen molar-refractivity contribution in [3.05, 3.63) is 109 Å². The van der Waals surface area contributed by atoms with E-state index in [9.17, 15) is 19.2 Å². The van der Waals surface area contributed by atoms with Gasteiger partial charge in [0.05, 0.1) is 10.9 Å². The first-order valence-electron chi connectivity index (χ1n) is 10.4. The average Bonchev–Trinajstić information content (AvgIpc) is 2.84. The number of fused-ring (bicyclic) bond motifs is 1. The van der Waals surface area contributed by atoms with Gasteiger partial charge in [-0.1, -0.05) is 52.3 Å². The van der Waals surface area contributed by atoms with Crippen molar-refractivity contribution in [3.63, 3.8) is 0 Å². The number of aromatic nitrogens is 2. The fraction of sp³-hybridized carbons (Fsp3) is 0.0385. The molecule has 1 heterocycles. The van der Waals surface area contributed by atoms with Crippen molar-refractivity contribution in [1.29, 1.82) is 0 Å². The van der Waals surface area contributed by atoms with Crippen LogP contribution in [0.15, 0.2) is 86.5 Å². The molecule has 0 radical (unpaired) electrons. The predicted octanol–water partition coefficient (Wildman–Crippen LogP) is 5.73. The summed E-state index contributed by atoms with van der Waals surface area (Å²) in [5.41, 5.74) is 1.17. The molecule has 4 aromatic rings. The highest BCUT2D eigenvalue weighted by Gasteiger charge is 2.20. The van der Waals surface area contributed by atoms with Crippen molar-refractivity contribution in [1.82, 2.24) is 9.55 Å². The molecule has 4 rings (SSSR count). The Bertz CT molecular complexity index is 1580. The quantitative estimate of drug-likeness (QED) is 0.235. The van der Waals surface area contributed by atoms with Crippen LogP contribution in [-0.4, -0.2) is 27.1 Å². The molecule has 0 aliphatic carbocycles. The summed E-state index contributed by atoms with van der Waals surface area (Å²) >= 11 is 6.68. The molecule has 1 N–H and O–H groups in total. The molecule has 0 atom stereocenters. The number of carbonyl (C=O) groups is 3. The van der Waals surface area contributed by atoms with Crippen molar-refractivity contribution in [2.24, 2.45) is 0 Å². The minimum atomic E-state index is -0.642. The van der Waals surface area contributed by atoms with Crippen LogP contribution in [0.1, 0.15) is 38.3 Å². The van der Waals surface area contributed by atoms with Crippen LogP contribution in [-0.2, 0) is 0 Å². The lowest BCUT2D eigenvalue weighted by Gasteiger charge is -2.10. The number of halogens is 2. The average molecular weight is 595 g/mol. The molecule has 0 fully saturated rings. The first kappa shape index (κ1) is 24.4. The minimum Gasteiger partial charge on any atom is -0.321 e. The zero-order valence-corrected chi connectivity index (χ0v) is 21.5. The lowest BCUT2D eigenvalue weighted by molar-refractivity contribution is 0.0907. The molecule has 0 unspecified atom stereocenters. The molecule has 9 heteroatoms. The van der Waals surface area contributed by atoms with E-state index in [1.807, 2.05) is 6.07 Å². The smallest absolute Gasteiger partial charge is 0.268 e. The summed E-state index contributed by atoms with van der Waals surface area (Å²) in [7, 11) is 0. The Labute approximate surface area is 216 Å². The number of benzene rings is 3. The monoisotopic (exact) mass is 593 g/mol. The van der Waals surface area contributed by atoms with E-state index in [0.717, 1.165) is 4.57 Å². The summed E-state index contributed by atoms with van der Waals surface area (Å²) in [4.78, 5) is 55.3. The fourth-order valence-electron chi connectivity index (χ4n) is 3.45. The topological polar surface area (TPSA) is 98.1 Å². The Hall–Kier alpha value is -3.69. The number of rotatable bonds is 5. The Morgan fingerprint density at radius 1 is 0.971 bits per heavy atom. The second-order valence-corrected chi connectivity index (χ2v) is 9.25. The molecule has 7 nitrogen and oxygen atoms in total. The van der Waals surface area contributed by atoms with Crippen LogP contribution in [0.2, 0.25) is 0 Å². The maximum absolute atomic E-state index is 13.1. The van der Waals surface area contributed by atoms with Gasteiger partial charge in [-0.15, -0.1) is 0 Å². The normalized spacial score (nSPS) is 11.1. The van der Waals surface area contributed by atoms with E-state index in [4.69, 9.17) is 0 Å². The summed E-state index contributed by atoms with van der Waals surface area (Å²) < 4.78 is 1.89. The lowest BCUT2D eigenvalue weighted by Crippen LogP contribution is -2.31. The largest absolute Gasteiger partial charge is 0.321 e. The Morgan fingerprint density at radius 3 is 2.37 bits per heavy atom. The molecular formula is C26H17Br2N3O4. The molecule has 0 bridgehead atoms.